The Bertz CT molecular complexity index is 565. The summed E-state index contributed by atoms with van der Waals surface area (Å²) in [5.41, 5.74) is 1.98. The van der Waals surface area contributed by atoms with E-state index >= 15 is 0 Å². The average Bonchev–Trinajstić information content (AvgIpc) is 3.19. The summed E-state index contributed by atoms with van der Waals surface area (Å²) >= 11 is 0. The number of hydrogen-bond acceptors (Lipinski definition) is 3. The van der Waals surface area contributed by atoms with Gasteiger partial charge in [-0.05, 0) is 50.8 Å². The second-order valence-electron chi connectivity index (χ2n) is 6.21. The van der Waals surface area contributed by atoms with Gasteiger partial charge in [-0.15, -0.1) is 0 Å². The van der Waals surface area contributed by atoms with Crippen LogP contribution in [0.5, 0.6) is 0 Å². The highest BCUT2D eigenvalue weighted by molar-refractivity contribution is 7.88. The Kier molecular flexibility index (Phi) is 5.41. The first-order valence-corrected chi connectivity index (χ1v) is 9.25. The third-order valence-electron chi connectivity index (χ3n) is 3.79. The van der Waals surface area contributed by atoms with Crippen LogP contribution in [0.2, 0.25) is 0 Å². The zero-order valence-corrected chi connectivity index (χ0v) is 14.0. The van der Waals surface area contributed by atoms with Crippen LogP contribution >= 0.6 is 0 Å². The molecule has 0 aliphatic heterocycles. The van der Waals surface area contributed by atoms with Gasteiger partial charge in [0.25, 0.3) is 0 Å². The number of sulfonamides is 1. The molecule has 1 aliphatic carbocycles. The van der Waals surface area contributed by atoms with Gasteiger partial charge in [0, 0.05) is 19.1 Å². The molecule has 2 rings (SSSR count). The van der Waals surface area contributed by atoms with Gasteiger partial charge in [-0.3, -0.25) is 0 Å². The summed E-state index contributed by atoms with van der Waals surface area (Å²) in [5.74, 6) is 0.660. The Balaban J connectivity index is 2.12. The van der Waals surface area contributed by atoms with Gasteiger partial charge < -0.3 is 5.32 Å². The molecule has 5 heteroatoms. The average molecular weight is 310 g/mol. The molecule has 1 fully saturated rings. The molecule has 0 heterocycles. The van der Waals surface area contributed by atoms with Crippen LogP contribution in [-0.4, -0.2) is 32.4 Å². The third-order valence-corrected chi connectivity index (χ3v) is 5.77. The highest BCUT2D eigenvalue weighted by Gasteiger charge is 2.32. The summed E-state index contributed by atoms with van der Waals surface area (Å²) < 4.78 is 27.0. The van der Waals surface area contributed by atoms with E-state index in [1.54, 1.807) is 4.31 Å². The summed E-state index contributed by atoms with van der Waals surface area (Å²) in [6, 6.07) is 7.83. The molecule has 1 N–H and O–H groups in total. The van der Waals surface area contributed by atoms with Crippen LogP contribution in [0.25, 0.3) is 0 Å². The van der Waals surface area contributed by atoms with E-state index in [0.717, 1.165) is 30.5 Å². The maximum Gasteiger partial charge on any atom is 0.218 e. The minimum Gasteiger partial charge on any atom is -0.316 e. The maximum atomic E-state index is 12.7. The van der Waals surface area contributed by atoms with E-state index in [-0.39, 0.29) is 11.8 Å². The molecule has 21 heavy (non-hydrogen) atoms. The predicted octanol–water partition coefficient (Wildman–Crippen LogP) is 2.36. The molecule has 0 aromatic heterocycles. The molecule has 0 unspecified atom stereocenters. The number of benzene rings is 1. The Morgan fingerprint density at radius 2 is 1.95 bits per heavy atom. The third kappa shape index (κ3) is 4.80. The van der Waals surface area contributed by atoms with E-state index in [1.807, 2.05) is 45.2 Å². The smallest absolute Gasteiger partial charge is 0.218 e. The van der Waals surface area contributed by atoms with Gasteiger partial charge in [-0.1, -0.05) is 24.3 Å². The summed E-state index contributed by atoms with van der Waals surface area (Å²) in [4.78, 5) is 0. The molecule has 118 valence electrons. The van der Waals surface area contributed by atoms with Crippen molar-refractivity contribution in [2.75, 3.05) is 13.6 Å². The van der Waals surface area contributed by atoms with E-state index < -0.39 is 10.0 Å². The highest BCUT2D eigenvalue weighted by Crippen LogP contribution is 2.31. The van der Waals surface area contributed by atoms with Gasteiger partial charge in [-0.2, -0.15) is 4.31 Å². The van der Waals surface area contributed by atoms with Crippen LogP contribution < -0.4 is 5.32 Å². The van der Waals surface area contributed by atoms with E-state index in [0.29, 0.717) is 12.5 Å². The molecule has 0 amide bonds. The Morgan fingerprint density at radius 1 is 1.29 bits per heavy atom. The number of rotatable bonds is 8. The van der Waals surface area contributed by atoms with Crippen LogP contribution in [-0.2, 0) is 22.3 Å². The molecule has 0 spiro atoms. The molecule has 0 atom stereocenters. The van der Waals surface area contributed by atoms with Crippen LogP contribution in [0.3, 0.4) is 0 Å². The standard InChI is InChI=1S/C16H26N2O2S/c1-13(2)18(11-14-7-8-14)21(19,20)12-16-6-4-5-15(9-16)10-17-3/h4-6,9,13-14,17H,7-8,10-12H2,1-3H3. The van der Waals surface area contributed by atoms with Crippen molar-refractivity contribution in [1.82, 2.24) is 9.62 Å². The summed E-state index contributed by atoms with van der Waals surface area (Å²) in [5, 5.41) is 3.09. The molecular formula is C16H26N2O2S. The first kappa shape index (κ1) is 16.5. The normalized spacial score (nSPS) is 15.9. The zero-order valence-electron chi connectivity index (χ0n) is 13.2. The van der Waals surface area contributed by atoms with Gasteiger partial charge in [0.1, 0.15) is 0 Å². The minimum absolute atomic E-state index is 0.0242. The monoisotopic (exact) mass is 310 g/mol. The van der Waals surface area contributed by atoms with Crippen molar-refractivity contribution < 1.29 is 8.42 Å². The van der Waals surface area contributed by atoms with Crippen LogP contribution in [0.15, 0.2) is 24.3 Å². The Morgan fingerprint density at radius 3 is 2.52 bits per heavy atom. The van der Waals surface area contributed by atoms with Gasteiger partial charge in [0.2, 0.25) is 10.0 Å². The van der Waals surface area contributed by atoms with Gasteiger partial charge >= 0.3 is 0 Å². The highest BCUT2D eigenvalue weighted by atomic mass is 32.2. The van der Waals surface area contributed by atoms with Crippen molar-refractivity contribution in [2.24, 2.45) is 5.92 Å². The lowest BCUT2D eigenvalue weighted by Crippen LogP contribution is -2.39. The molecule has 1 aliphatic rings. The van der Waals surface area contributed by atoms with E-state index in [9.17, 15) is 8.42 Å². The van der Waals surface area contributed by atoms with E-state index in [2.05, 4.69) is 5.32 Å². The summed E-state index contributed by atoms with van der Waals surface area (Å²) in [7, 11) is -1.36. The predicted molar refractivity (Wildman–Crippen MR) is 86.4 cm³/mol. The van der Waals surface area contributed by atoms with E-state index in [4.69, 9.17) is 0 Å². The molecule has 0 bridgehead atoms. The fourth-order valence-corrected chi connectivity index (χ4v) is 4.37. The second-order valence-corrected chi connectivity index (χ2v) is 8.13. The van der Waals surface area contributed by atoms with Crippen LogP contribution in [0.4, 0.5) is 0 Å². The zero-order chi connectivity index (χ0) is 15.5. The first-order chi connectivity index (χ1) is 9.92. The quantitative estimate of drug-likeness (QED) is 0.802. The molecule has 1 aromatic rings. The SMILES string of the molecule is CNCc1cccc(CS(=O)(=O)N(CC2CC2)C(C)C)c1. The van der Waals surface area contributed by atoms with E-state index in [1.165, 1.54) is 0 Å². The summed E-state index contributed by atoms with van der Waals surface area (Å²) in [6.45, 7) is 5.34. The van der Waals surface area contributed by atoms with Crippen LogP contribution in [0.1, 0.15) is 37.8 Å². The lowest BCUT2D eigenvalue weighted by atomic mass is 10.1. The minimum atomic E-state index is -3.25. The lowest BCUT2D eigenvalue weighted by molar-refractivity contribution is 0.341. The molecule has 4 nitrogen and oxygen atoms in total. The fraction of sp³-hybridized carbons (Fsp3) is 0.625. The van der Waals surface area contributed by atoms with Crippen molar-refractivity contribution in [3.8, 4) is 0 Å². The Labute approximate surface area is 128 Å². The number of nitrogens with one attached hydrogen (secondary N) is 1. The molecule has 0 saturated heterocycles. The van der Waals surface area contributed by atoms with Crippen molar-refractivity contribution in [1.29, 1.82) is 0 Å². The molecule has 1 aromatic carbocycles. The first-order valence-electron chi connectivity index (χ1n) is 7.64. The van der Waals surface area contributed by atoms with Crippen LogP contribution in [0, 0.1) is 5.92 Å². The van der Waals surface area contributed by atoms with Crippen molar-refractivity contribution in [3.05, 3.63) is 35.4 Å². The van der Waals surface area contributed by atoms with Gasteiger partial charge in [0.15, 0.2) is 0 Å². The topological polar surface area (TPSA) is 49.4 Å². The molecule has 1 saturated carbocycles. The maximum absolute atomic E-state index is 12.7. The second kappa shape index (κ2) is 6.90. The van der Waals surface area contributed by atoms with Crippen molar-refractivity contribution >= 4 is 10.0 Å². The van der Waals surface area contributed by atoms with Gasteiger partial charge in [-0.25, -0.2) is 8.42 Å². The largest absolute Gasteiger partial charge is 0.316 e. The number of nitrogens with zero attached hydrogens (tertiary/aromatic N) is 1. The fourth-order valence-electron chi connectivity index (χ4n) is 2.53. The molecular weight excluding hydrogens is 284 g/mol. The Hall–Kier alpha value is -0.910. The van der Waals surface area contributed by atoms with Crippen molar-refractivity contribution in [2.45, 2.75) is 45.0 Å². The lowest BCUT2D eigenvalue weighted by Gasteiger charge is -2.26. The van der Waals surface area contributed by atoms with Crippen molar-refractivity contribution in [3.63, 3.8) is 0 Å². The number of hydrogen-bond donors (Lipinski definition) is 1. The van der Waals surface area contributed by atoms with Gasteiger partial charge in [0.05, 0.1) is 5.75 Å². The molecule has 0 radical (unpaired) electrons. The summed E-state index contributed by atoms with van der Waals surface area (Å²) in [6.07, 6.45) is 2.33.